The second kappa shape index (κ2) is 5.19. The van der Waals surface area contributed by atoms with Crippen LogP contribution in [-0.2, 0) is 17.6 Å². The summed E-state index contributed by atoms with van der Waals surface area (Å²) in [7, 11) is 0. The van der Waals surface area contributed by atoms with Crippen LogP contribution in [0.3, 0.4) is 0 Å². The van der Waals surface area contributed by atoms with Crippen molar-refractivity contribution >= 4 is 11.9 Å². The Balaban J connectivity index is 1.70. The van der Waals surface area contributed by atoms with Gasteiger partial charge in [-0.1, -0.05) is 17.7 Å². The third-order valence-electron chi connectivity index (χ3n) is 4.94. The van der Waals surface area contributed by atoms with Gasteiger partial charge in [-0.3, -0.25) is 4.79 Å². The third-order valence-corrected chi connectivity index (χ3v) is 4.94. The van der Waals surface area contributed by atoms with Crippen LogP contribution in [0.15, 0.2) is 24.3 Å². The summed E-state index contributed by atoms with van der Waals surface area (Å²) in [6.45, 7) is 2.02. The molecule has 1 heterocycles. The Morgan fingerprint density at radius 3 is 2.54 bits per heavy atom. The van der Waals surface area contributed by atoms with E-state index in [9.17, 15) is 14.7 Å². The molecule has 1 fully saturated rings. The molecular formula is C18H19N3O3. The van der Waals surface area contributed by atoms with Crippen LogP contribution in [0.2, 0.25) is 0 Å². The van der Waals surface area contributed by atoms with Gasteiger partial charge in [0.25, 0.3) is 5.91 Å². The molecular weight excluding hydrogens is 306 g/mol. The summed E-state index contributed by atoms with van der Waals surface area (Å²) >= 11 is 0. The van der Waals surface area contributed by atoms with Crippen LogP contribution in [0.5, 0.6) is 0 Å². The van der Waals surface area contributed by atoms with Crippen molar-refractivity contribution in [2.75, 3.05) is 0 Å². The van der Waals surface area contributed by atoms with Crippen molar-refractivity contribution in [3.8, 4) is 5.69 Å². The topological polar surface area (TPSA) is 84.2 Å². The number of rotatable bonds is 4. The largest absolute Gasteiger partial charge is 0.480 e. The maximum atomic E-state index is 12.6. The quantitative estimate of drug-likeness (QED) is 0.901. The number of carboxylic acids is 1. The van der Waals surface area contributed by atoms with Gasteiger partial charge in [-0.25, -0.2) is 9.48 Å². The first-order valence-corrected chi connectivity index (χ1v) is 8.24. The molecule has 2 aromatic rings. The maximum Gasteiger partial charge on any atom is 0.329 e. The van der Waals surface area contributed by atoms with Gasteiger partial charge in [0.05, 0.1) is 5.69 Å². The zero-order chi connectivity index (χ0) is 16.9. The van der Waals surface area contributed by atoms with E-state index in [1.807, 2.05) is 35.9 Å². The highest BCUT2D eigenvalue weighted by Gasteiger charge is 2.52. The van der Waals surface area contributed by atoms with Gasteiger partial charge < -0.3 is 10.4 Å². The number of carbonyl (C=O) groups excluding carboxylic acids is 1. The van der Waals surface area contributed by atoms with E-state index in [0.29, 0.717) is 18.5 Å². The van der Waals surface area contributed by atoms with E-state index < -0.39 is 11.5 Å². The van der Waals surface area contributed by atoms with E-state index in [4.69, 9.17) is 0 Å². The SMILES string of the molecule is Cc1ccc(-n2nc(C(=O)NC3(C(=O)O)CC3)c3c2CCC3)cc1. The highest BCUT2D eigenvalue weighted by molar-refractivity contribution is 5.99. The lowest BCUT2D eigenvalue weighted by Gasteiger charge is -2.11. The summed E-state index contributed by atoms with van der Waals surface area (Å²) < 4.78 is 1.83. The average molecular weight is 325 g/mol. The first kappa shape index (κ1) is 14.9. The molecule has 2 aliphatic carbocycles. The molecule has 6 heteroatoms. The molecule has 0 atom stereocenters. The Labute approximate surface area is 139 Å². The fourth-order valence-corrected chi connectivity index (χ4v) is 3.31. The molecule has 0 unspecified atom stereocenters. The van der Waals surface area contributed by atoms with Gasteiger partial charge in [0.2, 0.25) is 0 Å². The summed E-state index contributed by atoms with van der Waals surface area (Å²) in [4.78, 5) is 23.9. The molecule has 1 aromatic carbocycles. The summed E-state index contributed by atoms with van der Waals surface area (Å²) in [5.74, 6) is -1.34. The number of nitrogens with one attached hydrogen (secondary N) is 1. The highest BCUT2D eigenvalue weighted by atomic mass is 16.4. The molecule has 124 valence electrons. The first-order valence-electron chi connectivity index (χ1n) is 8.24. The van der Waals surface area contributed by atoms with Crippen LogP contribution in [0.1, 0.15) is 46.6 Å². The second-order valence-electron chi connectivity index (χ2n) is 6.72. The zero-order valence-corrected chi connectivity index (χ0v) is 13.5. The number of carbonyl (C=O) groups is 2. The Bertz CT molecular complexity index is 832. The molecule has 0 bridgehead atoms. The average Bonchev–Trinajstić information content (AvgIpc) is 3.03. The van der Waals surface area contributed by atoms with Crippen LogP contribution in [0.25, 0.3) is 5.69 Å². The van der Waals surface area contributed by atoms with E-state index in [1.165, 1.54) is 0 Å². The predicted molar refractivity (Wildman–Crippen MR) is 87.4 cm³/mol. The van der Waals surface area contributed by atoms with Crippen LogP contribution >= 0.6 is 0 Å². The van der Waals surface area contributed by atoms with E-state index in [0.717, 1.165) is 41.8 Å². The van der Waals surface area contributed by atoms with Gasteiger partial charge in [-0.15, -0.1) is 0 Å². The normalized spacial score (nSPS) is 17.4. The van der Waals surface area contributed by atoms with Crippen LogP contribution in [0.4, 0.5) is 0 Å². The molecule has 6 nitrogen and oxygen atoms in total. The molecule has 1 aromatic heterocycles. The van der Waals surface area contributed by atoms with Gasteiger partial charge in [0.1, 0.15) is 5.54 Å². The lowest BCUT2D eigenvalue weighted by atomic mass is 10.1. The van der Waals surface area contributed by atoms with Gasteiger partial charge >= 0.3 is 5.97 Å². The van der Waals surface area contributed by atoms with Gasteiger partial charge in [0, 0.05) is 11.3 Å². The first-order chi connectivity index (χ1) is 11.5. The fraction of sp³-hybridized carbons (Fsp3) is 0.389. The third kappa shape index (κ3) is 2.29. The number of amides is 1. The van der Waals surface area contributed by atoms with Gasteiger partial charge in [-0.05, 0) is 51.2 Å². The number of hydrogen-bond acceptors (Lipinski definition) is 3. The monoisotopic (exact) mass is 325 g/mol. The van der Waals surface area contributed by atoms with Crippen LogP contribution in [0, 0.1) is 6.92 Å². The van der Waals surface area contributed by atoms with Crippen molar-refractivity contribution in [1.82, 2.24) is 15.1 Å². The Morgan fingerprint density at radius 2 is 1.92 bits per heavy atom. The van der Waals surface area contributed by atoms with Crippen molar-refractivity contribution in [1.29, 1.82) is 0 Å². The molecule has 0 aliphatic heterocycles. The molecule has 4 rings (SSSR count). The number of aryl methyl sites for hydroxylation is 1. The molecule has 0 spiro atoms. The number of carboxylic acid groups (broad SMARTS) is 1. The number of aromatic nitrogens is 2. The standard InChI is InChI=1S/C18H19N3O3/c1-11-5-7-12(8-6-11)21-14-4-2-3-13(14)15(20-21)16(22)19-18(9-10-18)17(23)24/h5-8H,2-4,9-10H2,1H3,(H,19,22)(H,23,24). The minimum absolute atomic E-state index is 0.371. The van der Waals surface area contributed by atoms with Crippen molar-refractivity contribution in [3.05, 3.63) is 46.8 Å². The number of aliphatic carboxylic acids is 1. The highest BCUT2D eigenvalue weighted by Crippen LogP contribution is 2.36. The fourth-order valence-electron chi connectivity index (χ4n) is 3.31. The number of benzene rings is 1. The molecule has 1 saturated carbocycles. The minimum Gasteiger partial charge on any atom is -0.480 e. The summed E-state index contributed by atoms with van der Waals surface area (Å²) in [5, 5.41) is 16.4. The Morgan fingerprint density at radius 1 is 1.21 bits per heavy atom. The van der Waals surface area contributed by atoms with Crippen LogP contribution < -0.4 is 5.32 Å². The summed E-state index contributed by atoms with van der Waals surface area (Å²) in [5.41, 5.74) is 3.39. The van der Waals surface area contributed by atoms with Gasteiger partial charge in [0.15, 0.2) is 5.69 Å². The lowest BCUT2D eigenvalue weighted by molar-refractivity contribution is -0.140. The number of nitrogens with zero attached hydrogens (tertiary/aromatic N) is 2. The molecule has 2 aliphatic rings. The zero-order valence-electron chi connectivity index (χ0n) is 13.5. The van der Waals surface area contributed by atoms with E-state index in [-0.39, 0.29) is 5.91 Å². The summed E-state index contributed by atoms with van der Waals surface area (Å²) in [6.07, 6.45) is 3.64. The smallest absolute Gasteiger partial charge is 0.329 e. The molecule has 1 amide bonds. The number of hydrogen-bond donors (Lipinski definition) is 2. The van der Waals surface area contributed by atoms with Crippen LogP contribution in [-0.4, -0.2) is 32.3 Å². The lowest BCUT2D eigenvalue weighted by Crippen LogP contribution is -2.43. The molecule has 2 N–H and O–H groups in total. The number of fused-ring (bicyclic) bond motifs is 1. The van der Waals surface area contributed by atoms with Crippen molar-refractivity contribution < 1.29 is 14.7 Å². The van der Waals surface area contributed by atoms with Crippen molar-refractivity contribution in [3.63, 3.8) is 0 Å². The summed E-state index contributed by atoms with van der Waals surface area (Å²) in [6, 6.07) is 8.01. The van der Waals surface area contributed by atoms with E-state index in [1.54, 1.807) is 0 Å². The molecule has 0 saturated heterocycles. The van der Waals surface area contributed by atoms with E-state index in [2.05, 4.69) is 10.4 Å². The predicted octanol–water partition coefficient (Wildman–Crippen LogP) is 2.02. The van der Waals surface area contributed by atoms with Crippen molar-refractivity contribution in [2.24, 2.45) is 0 Å². The van der Waals surface area contributed by atoms with Gasteiger partial charge in [-0.2, -0.15) is 5.10 Å². The van der Waals surface area contributed by atoms with Crippen molar-refractivity contribution in [2.45, 2.75) is 44.6 Å². The Hall–Kier alpha value is -2.63. The Kier molecular flexibility index (Phi) is 3.23. The molecule has 24 heavy (non-hydrogen) atoms. The molecule has 0 radical (unpaired) electrons. The maximum absolute atomic E-state index is 12.6. The van der Waals surface area contributed by atoms with E-state index >= 15 is 0 Å². The second-order valence-corrected chi connectivity index (χ2v) is 6.72. The minimum atomic E-state index is -1.09.